The van der Waals surface area contributed by atoms with Crippen LogP contribution >= 0.6 is 11.8 Å². The van der Waals surface area contributed by atoms with Crippen LogP contribution < -0.4 is 5.32 Å². The molecular weight excluding hydrogens is 256 g/mol. The van der Waals surface area contributed by atoms with Gasteiger partial charge in [-0.3, -0.25) is 4.99 Å². The fraction of sp³-hybridized carbons (Fsp3) is 0.909. The highest BCUT2D eigenvalue weighted by Crippen LogP contribution is 2.25. The average molecular weight is 278 g/mol. The molecule has 0 aromatic carbocycles. The van der Waals surface area contributed by atoms with Crippen molar-refractivity contribution in [2.45, 2.75) is 45.2 Å². The maximum atomic E-state index is 11.2. The Bertz CT molecular complexity index is 392. The van der Waals surface area contributed by atoms with Gasteiger partial charge in [-0.05, 0) is 26.7 Å². The summed E-state index contributed by atoms with van der Waals surface area (Å²) in [5, 5.41) is 4.30. The van der Waals surface area contributed by atoms with Crippen molar-refractivity contribution in [1.82, 2.24) is 5.32 Å². The van der Waals surface area contributed by atoms with Crippen LogP contribution in [0.2, 0.25) is 0 Å². The summed E-state index contributed by atoms with van der Waals surface area (Å²) in [6, 6.07) is -0.181. The van der Waals surface area contributed by atoms with Crippen molar-refractivity contribution in [3.05, 3.63) is 0 Å². The van der Waals surface area contributed by atoms with Crippen molar-refractivity contribution in [2.75, 3.05) is 17.8 Å². The third-order valence-corrected chi connectivity index (χ3v) is 4.94. The van der Waals surface area contributed by atoms with E-state index in [2.05, 4.69) is 24.2 Å². The van der Waals surface area contributed by atoms with Crippen LogP contribution in [0.5, 0.6) is 0 Å². The zero-order valence-electron chi connectivity index (χ0n) is 11.0. The molecule has 1 fully saturated rings. The molecule has 0 radical (unpaired) electrons. The molecule has 0 spiro atoms. The van der Waals surface area contributed by atoms with E-state index < -0.39 is 9.84 Å². The van der Waals surface area contributed by atoms with E-state index in [4.69, 9.17) is 0 Å². The molecule has 1 rings (SSSR count). The first kappa shape index (κ1) is 14.8. The molecule has 17 heavy (non-hydrogen) atoms. The van der Waals surface area contributed by atoms with Gasteiger partial charge in [-0.25, -0.2) is 8.42 Å². The molecule has 100 valence electrons. The minimum Gasteiger partial charge on any atom is -0.360 e. The highest BCUT2D eigenvalue weighted by atomic mass is 32.2. The number of nitrogens with zero attached hydrogens (tertiary/aromatic N) is 1. The lowest BCUT2D eigenvalue weighted by molar-refractivity contribution is 0.389. The quantitative estimate of drug-likeness (QED) is 0.850. The third kappa shape index (κ3) is 5.29. The molecule has 2 unspecified atom stereocenters. The second kappa shape index (κ2) is 5.61. The van der Waals surface area contributed by atoms with Gasteiger partial charge in [-0.2, -0.15) is 0 Å². The molecule has 0 aromatic rings. The second-order valence-electron chi connectivity index (χ2n) is 5.01. The smallest absolute Gasteiger partial charge is 0.157 e. The maximum absolute atomic E-state index is 11.2. The zero-order chi connectivity index (χ0) is 13.1. The van der Waals surface area contributed by atoms with Gasteiger partial charge >= 0.3 is 0 Å². The number of hydrogen-bond donors (Lipinski definition) is 1. The molecule has 0 saturated carbocycles. The Morgan fingerprint density at radius 2 is 2.24 bits per heavy atom. The minimum absolute atomic E-state index is 0.106. The van der Waals surface area contributed by atoms with Crippen LogP contribution in [0, 0.1) is 0 Å². The Morgan fingerprint density at radius 1 is 1.59 bits per heavy atom. The lowest BCUT2D eigenvalue weighted by atomic mass is 9.96. The summed E-state index contributed by atoms with van der Waals surface area (Å²) in [4.78, 5) is 4.45. The molecule has 1 heterocycles. The third-order valence-electron chi connectivity index (χ3n) is 2.96. The van der Waals surface area contributed by atoms with Gasteiger partial charge in [0.05, 0.1) is 11.8 Å². The highest BCUT2D eigenvalue weighted by Gasteiger charge is 2.27. The summed E-state index contributed by atoms with van der Waals surface area (Å²) < 4.78 is 22.3. The van der Waals surface area contributed by atoms with Crippen molar-refractivity contribution in [3.8, 4) is 0 Å². The van der Waals surface area contributed by atoms with E-state index in [1.54, 1.807) is 11.8 Å². The zero-order valence-corrected chi connectivity index (χ0v) is 12.6. The van der Waals surface area contributed by atoms with E-state index in [9.17, 15) is 8.42 Å². The van der Waals surface area contributed by atoms with Crippen LogP contribution in [0.25, 0.3) is 0 Å². The lowest BCUT2D eigenvalue weighted by Crippen LogP contribution is -2.48. The van der Waals surface area contributed by atoms with Crippen LogP contribution in [0.4, 0.5) is 0 Å². The fourth-order valence-electron chi connectivity index (χ4n) is 1.74. The van der Waals surface area contributed by atoms with E-state index in [0.29, 0.717) is 0 Å². The fourth-order valence-corrected chi connectivity index (χ4v) is 4.01. The SMILES string of the molecule is CCC1(C)CCSC(=NC(C)CS(C)(=O)=O)N1. The molecule has 4 nitrogen and oxygen atoms in total. The molecule has 6 heteroatoms. The molecular formula is C11H22N2O2S2. The first-order valence-corrected chi connectivity index (χ1v) is 8.95. The standard InChI is InChI=1S/C11H22N2O2S2/c1-5-11(3)6-7-16-10(13-11)12-9(2)8-17(4,14)15/h9H,5-8H2,1-4H3,(H,12,13). The van der Waals surface area contributed by atoms with Gasteiger partial charge in [-0.1, -0.05) is 18.7 Å². The summed E-state index contributed by atoms with van der Waals surface area (Å²) in [5.41, 5.74) is 0.106. The molecule has 1 aliphatic rings. The number of hydrogen-bond acceptors (Lipinski definition) is 4. The average Bonchev–Trinajstić information content (AvgIpc) is 2.14. The van der Waals surface area contributed by atoms with Gasteiger partial charge in [-0.15, -0.1) is 0 Å². The van der Waals surface area contributed by atoms with Gasteiger partial charge in [0, 0.05) is 17.5 Å². The predicted octanol–water partition coefficient (Wildman–Crippen LogP) is 1.67. The van der Waals surface area contributed by atoms with Crippen LogP contribution in [-0.2, 0) is 9.84 Å². The van der Waals surface area contributed by atoms with Crippen molar-refractivity contribution in [2.24, 2.45) is 4.99 Å². The minimum atomic E-state index is -2.95. The number of thioether (sulfide) groups is 1. The molecule has 0 aromatic heterocycles. The Hall–Kier alpha value is -0.230. The van der Waals surface area contributed by atoms with Crippen LogP contribution in [0.3, 0.4) is 0 Å². The number of amidine groups is 1. The van der Waals surface area contributed by atoms with Crippen LogP contribution in [0.15, 0.2) is 4.99 Å². The first-order valence-electron chi connectivity index (χ1n) is 5.90. The summed E-state index contributed by atoms with van der Waals surface area (Å²) in [6.45, 7) is 6.18. The van der Waals surface area contributed by atoms with Gasteiger partial charge in [0.1, 0.15) is 9.84 Å². The Labute approximate surface area is 109 Å². The molecule has 1 saturated heterocycles. The molecule has 0 bridgehead atoms. The van der Waals surface area contributed by atoms with E-state index in [0.717, 1.165) is 23.8 Å². The van der Waals surface area contributed by atoms with E-state index in [1.165, 1.54) is 6.26 Å². The van der Waals surface area contributed by atoms with E-state index in [1.807, 2.05) is 6.92 Å². The number of rotatable bonds is 4. The molecule has 1 aliphatic heterocycles. The second-order valence-corrected chi connectivity index (χ2v) is 8.28. The predicted molar refractivity (Wildman–Crippen MR) is 75.5 cm³/mol. The first-order chi connectivity index (χ1) is 7.74. The summed E-state index contributed by atoms with van der Waals surface area (Å²) in [7, 11) is -2.95. The topological polar surface area (TPSA) is 58.5 Å². The van der Waals surface area contributed by atoms with E-state index >= 15 is 0 Å². The van der Waals surface area contributed by atoms with Gasteiger partial charge in [0.25, 0.3) is 0 Å². The van der Waals surface area contributed by atoms with Crippen molar-refractivity contribution < 1.29 is 8.42 Å². The van der Waals surface area contributed by atoms with Crippen molar-refractivity contribution in [1.29, 1.82) is 0 Å². The van der Waals surface area contributed by atoms with Crippen molar-refractivity contribution >= 4 is 26.8 Å². The summed E-state index contributed by atoms with van der Waals surface area (Å²) in [5.74, 6) is 1.16. The highest BCUT2D eigenvalue weighted by molar-refractivity contribution is 8.13. The maximum Gasteiger partial charge on any atom is 0.157 e. The summed E-state index contributed by atoms with van der Waals surface area (Å²) >= 11 is 1.68. The monoisotopic (exact) mass is 278 g/mol. The molecule has 2 atom stereocenters. The molecule has 0 aliphatic carbocycles. The van der Waals surface area contributed by atoms with Crippen LogP contribution in [-0.4, -0.2) is 42.9 Å². The lowest BCUT2D eigenvalue weighted by Gasteiger charge is -2.35. The van der Waals surface area contributed by atoms with E-state index in [-0.39, 0.29) is 17.3 Å². The number of sulfone groups is 1. The Kier molecular flexibility index (Phi) is 4.89. The summed E-state index contributed by atoms with van der Waals surface area (Å²) in [6.07, 6.45) is 3.42. The normalized spacial score (nSPS) is 30.0. The number of nitrogens with one attached hydrogen (secondary N) is 1. The van der Waals surface area contributed by atoms with Crippen LogP contribution in [0.1, 0.15) is 33.6 Å². The van der Waals surface area contributed by atoms with Gasteiger partial charge < -0.3 is 5.32 Å². The molecule has 0 amide bonds. The van der Waals surface area contributed by atoms with Crippen molar-refractivity contribution in [3.63, 3.8) is 0 Å². The largest absolute Gasteiger partial charge is 0.360 e. The van der Waals surface area contributed by atoms with Gasteiger partial charge in [0.15, 0.2) is 5.17 Å². The molecule has 1 N–H and O–H groups in total. The Morgan fingerprint density at radius 3 is 2.76 bits per heavy atom. The number of aliphatic imine (C=N–C) groups is 1. The van der Waals surface area contributed by atoms with Gasteiger partial charge in [0.2, 0.25) is 0 Å². The Balaban J connectivity index is 2.66.